The highest BCUT2D eigenvalue weighted by molar-refractivity contribution is 6.04. The monoisotopic (exact) mass is 479 g/mol. The number of ketones is 1. The molecule has 0 spiro atoms. The Morgan fingerprint density at radius 3 is 2.36 bits per heavy atom. The highest BCUT2D eigenvalue weighted by Crippen LogP contribution is 2.23. The van der Waals surface area contributed by atoms with Crippen LogP contribution in [0.2, 0.25) is 0 Å². The molecule has 0 aliphatic carbocycles. The molecule has 1 aromatic heterocycles. The first-order chi connectivity index (χ1) is 17.5. The fourth-order valence-corrected chi connectivity index (χ4v) is 4.37. The first kappa shape index (κ1) is 23.5. The highest BCUT2D eigenvalue weighted by Gasteiger charge is 2.15. The van der Waals surface area contributed by atoms with Crippen molar-refractivity contribution in [3.8, 4) is 11.3 Å². The van der Waals surface area contributed by atoms with E-state index in [0.29, 0.717) is 23.4 Å². The number of aromatic nitrogens is 2. The number of hydrogen-bond acceptors (Lipinski definition) is 5. The van der Waals surface area contributed by atoms with Crippen molar-refractivity contribution in [1.82, 2.24) is 15.1 Å². The molecule has 7 nitrogen and oxygen atoms in total. The van der Waals surface area contributed by atoms with Gasteiger partial charge in [-0.05, 0) is 48.5 Å². The number of amides is 1. The van der Waals surface area contributed by atoms with Crippen molar-refractivity contribution in [2.45, 2.75) is 6.42 Å². The summed E-state index contributed by atoms with van der Waals surface area (Å²) in [6.07, 6.45) is 0.319. The van der Waals surface area contributed by atoms with Crippen molar-refractivity contribution in [3.63, 3.8) is 0 Å². The van der Waals surface area contributed by atoms with Gasteiger partial charge in [-0.1, -0.05) is 48.5 Å². The quantitative estimate of drug-likeness (QED) is 0.381. The van der Waals surface area contributed by atoms with Crippen molar-refractivity contribution in [2.24, 2.45) is 0 Å². The van der Waals surface area contributed by atoms with Crippen LogP contribution in [0.4, 0.5) is 11.5 Å². The van der Waals surface area contributed by atoms with Gasteiger partial charge in [0, 0.05) is 55.5 Å². The number of Topliss-reactive ketones (excluding diaryl/α,β-unsaturated/α-hetero) is 1. The number of carbonyl (C=O) groups excluding carboxylic acids is 2. The van der Waals surface area contributed by atoms with Crippen molar-refractivity contribution < 1.29 is 9.59 Å². The molecule has 0 saturated carbocycles. The van der Waals surface area contributed by atoms with Gasteiger partial charge in [-0.15, -0.1) is 0 Å². The number of nitrogens with one attached hydrogen (secondary N) is 2. The van der Waals surface area contributed by atoms with Crippen LogP contribution in [0.15, 0.2) is 84.9 Å². The van der Waals surface area contributed by atoms with Gasteiger partial charge in [0.05, 0.1) is 5.69 Å². The van der Waals surface area contributed by atoms with Crippen molar-refractivity contribution in [3.05, 3.63) is 102 Å². The van der Waals surface area contributed by atoms with Gasteiger partial charge in [-0.3, -0.25) is 14.7 Å². The maximum absolute atomic E-state index is 12.8. The van der Waals surface area contributed by atoms with E-state index in [1.54, 1.807) is 6.07 Å². The van der Waals surface area contributed by atoms with Crippen LogP contribution in [0.5, 0.6) is 0 Å². The summed E-state index contributed by atoms with van der Waals surface area (Å²) in [4.78, 5) is 30.0. The molecule has 1 aliphatic heterocycles. The molecule has 1 aliphatic rings. The Bertz CT molecular complexity index is 1340. The van der Waals surface area contributed by atoms with E-state index in [-0.39, 0.29) is 11.7 Å². The number of carbonyl (C=O) groups is 2. The highest BCUT2D eigenvalue weighted by atomic mass is 16.1. The lowest BCUT2D eigenvalue weighted by atomic mass is 10.0. The van der Waals surface area contributed by atoms with E-state index in [4.69, 9.17) is 0 Å². The summed E-state index contributed by atoms with van der Waals surface area (Å²) in [5, 5.41) is 10.1. The van der Waals surface area contributed by atoms with E-state index in [1.165, 1.54) is 0 Å². The van der Waals surface area contributed by atoms with E-state index in [1.807, 2.05) is 78.9 Å². The molecule has 1 saturated heterocycles. The number of likely N-dealkylation sites (N-methyl/N-ethyl adjacent to an activating group) is 1. The largest absolute Gasteiger partial charge is 0.369 e. The zero-order valence-corrected chi connectivity index (χ0v) is 20.3. The summed E-state index contributed by atoms with van der Waals surface area (Å²) in [7, 11) is 2.13. The molecule has 1 amide bonds. The first-order valence-corrected chi connectivity index (χ1v) is 12.1. The summed E-state index contributed by atoms with van der Waals surface area (Å²) in [6, 6.07) is 26.6. The van der Waals surface area contributed by atoms with Crippen LogP contribution in [-0.4, -0.2) is 60.0 Å². The minimum atomic E-state index is -0.208. The van der Waals surface area contributed by atoms with Gasteiger partial charge in [-0.2, -0.15) is 5.10 Å². The van der Waals surface area contributed by atoms with Crippen LogP contribution in [-0.2, 0) is 6.42 Å². The number of aromatic amines is 1. The van der Waals surface area contributed by atoms with Crippen LogP contribution in [0.25, 0.3) is 11.3 Å². The lowest BCUT2D eigenvalue weighted by Crippen LogP contribution is -2.44. The predicted octanol–water partition coefficient (Wildman–Crippen LogP) is 4.51. The van der Waals surface area contributed by atoms with E-state index in [2.05, 4.69) is 32.4 Å². The molecule has 7 heteroatoms. The van der Waals surface area contributed by atoms with Gasteiger partial charge in [-0.25, -0.2) is 0 Å². The molecule has 0 unspecified atom stereocenters. The average Bonchev–Trinajstić information content (AvgIpc) is 3.38. The number of nitrogens with zero attached hydrogens (tertiary/aromatic N) is 3. The summed E-state index contributed by atoms with van der Waals surface area (Å²) in [5.41, 5.74) is 5.00. The minimum absolute atomic E-state index is 0.0731. The standard InChI is InChI=1S/C29H29N5O2/c1-33-14-16-34(17-15-33)25-12-10-23(11-13-25)29(36)30-28-20-26(31-32-28)24-9-5-6-21(18-24)19-27(35)22-7-3-2-4-8-22/h2-13,18,20H,14-17,19H2,1H3,(H2,30,31,32,36). The topological polar surface area (TPSA) is 81.3 Å². The molecule has 3 aromatic carbocycles. The smallest absolute Gasteiger partial charge is 0.256 e. The van der Waals surface area contributed by atoms with Gasteiger partial charge in [0.1, 0.15) is 0 Å². The van der Waals surface area contributed by atoms with Gasteiger partial charge in [0.15, 0.2) is 11.6 Å². The zero-order chi connectivity index (χ0) is 24.9. The van der Waals surface area contributed by atoms with E-state index in [0.717, 1.165) is 48.7 Å². The Hall–Kier alpha value is -4.23. The Kier molecular flexibility index (Phi) is 6.91. The lowest BCUT2D eigenvalue weighted by molar-refractivity contribution is 0.0991. The summed E-state index contributed by atoms with van der Waals surface area (Å²) in [6.45, 7) is 4.05. The summed E-state index contributed by atoms with van der Waals surface area (Å²) in [5.74, 6) is 0.313. The second-order valence-corrected chi connectivity index (χ2v) is 9.12. The first-order valence-electron chi connectivity index (χ1n) is 12.1. The van der Waals surface area contributed by atoms with E-state index in [9.17, 15) is 9.59 Å². The number of benzene rings is 3. The SMILES string of the molecule is CN1CCN(c2ccc(C(=O)Nc3cc(-c4cccc(CC(=O)c5ccccc5)c4)[nH]n3)cc2)CC1. The van der Waals surface area contributed by atoms with Crippen LogP contribution >= 0.6 is 0 Å². The van der Waals surface area contributed by atoms with Crippen LogP contribution in [0.1, 0.15) is 26.3 Å². The Morgan fingerprint density at radius 2 is 1.61 bits per heavy atom. The van der Waals surface area contributed by atoms with Crippen LogP contribution in [0, 0.1) is 0 Å². The maximum atomic E-state index is 12.8. The number of rotatable bonds is 7. The van der Waals surface area contributed by atoms with Gasteiger partial charge in [0.2, 0.25) is 0 Å². The Balaban J connectivity index is 1.22. The molecule has 2 N–H and O–H groups in total. The predicted molar refractivity (Wildman–Crippen MR) is 143 cm³/mol. The number of piperazine rings is 1. The van der Waals surface area contributed by atoms with Crippen LogP contribution in [0.3, 0.4) is 0 Å². The second-order valence-electron chi connectivity index (χ2n) is 9.12. The van der Waals surface area contributed by atoms with Gasteiger partial charge < -0.3 is 15.1 Å². The number of anilines is 2. The van der Waals surface area contributed by atoms with Crippen molar-refractivity contribution in [1.29, 1.82) is 0 Å². The Labute approximate surface area is 210 Å². The van der Waals surface area contributed by atoms with Gasteiger partial charge in [0.25, 0.3) is 5.91 Å². The molecular weight excluding hydrogens is 450 g/mol. The van der Waals surface area contributed by atoms with Crippen molar-refractivity contribution in [2.75, 3.05) is 43.4 Å². The second kappa shape index (κ2) is 10.6. The fourth-order valence-electron chi connectivity index (χ4n) is 4.37. The molecule has 0 bridgehead atoms. The number of hydrogen-bond donors (Lipinski definition) is 2. The summed E-state index contributed by atoms with van der Waals surface area (Å²) >= 11 is 0. The maximum Gasteiger partial charge on any atom is 0.256 e. The van der Waals surface area contributed by atoms with Crippen LogP contribution < -0.4 is 10.2 Å². The Morgan fingerprint density at radius 1 is 0.861 bits per heavy atom. The molecule has 1 fully saturated rings. The third-order valence-electron chi connectivity index (χ3n) is 6.52. The number of H-pyrrole nitrogens is 1. The third-order valence-corrected chi connectivity index (χ3v) is 6.52. The lowest BCUT2D eigenvalue weighted by Gasteiger charge is -2.34. The molecule has 4 aromatic rings. The fraction of sp³-hybridized carbons (Fsp3) is 0.207. The molecule has 0 radical (unpaired) electrons. The molecule has 5 rings (SSSR count). The third kappa shape index (κ3) is 5.53. The zero-order valence-electron chi connectivity index (χ0n) is 20.3. The molecule has 0 atom stereocenters. The van der Waals surface area contributed by atoms with E-state index < -0.39 is 0 Å². The normalized spacial score (nSPS) is 14.0. The van der Waals surface area contributed by atoms with E-state index >= 15 is 0 Å². The molecular formula is C29H29N5O2. The molecule has 36 heavy (non-hydrogen) atoms. The average molecular weight is 480 g/mol. The molecule has 182 valence electrons. The molecule has 2 heterocycles. The minimum Gasteiger partial charge on any atom is -0.369 e. The van der Waals surface area contributed by atoms with Gasteiger partial charge >= 0.3 is 0 Å². The van der Waals surface area contributed by atoms with Crippen molar-refractivity contribution >= 4 is 23.2 Å². The summed E-state index contributed by atoms with van der Waals surface area (Å²) < 4.78 is 0.